The van der Waals surface area contributed by atoms with Gasteiger partial charge in [0.15, 0.2) is 5.65 Å². The van der Waals surface area contributed by atoms with Gasteiger partial charge in [0.2, 0.25) is 5.91 Å². The summed E-state index contributed by atoms with van der Waals surface area (Å²) in [5, 5.41) is 7.36. The van der Waals surface area contributed by atoms with Crippen molar-refractivity contribution in [2.24, 2.45) is 0 Å². The first-order chi connectivity index (χ1) is 12.8. The Labute approximate surface area is 152 Å². The summed E-state index contributed by atoms with van der Waals surface area (Å²) in [7, 11) is 0. The summed E-state index contributed by atoms with van der Waals surface area (Å²) in [5.41, 5.74) is 3.68. The standard InChI is InChI=1S/C20H23N5O/c1-2-16(14-6-4-3-5-7-14)20(26)25-12-8-15(9-13-25)17-18-19(24-23-17)22-11-10-21-18/h3-7,10-11,15-16H,2,8-9,12-13H2,1H3,(H,22,23,24)/t16-/m0/s1. The molecule has 1 N–H and O–H groups in total. The second-order valence-corrected chi connectivity index (χ2v) is 6.84. The van der Waals surface area contributed by atoms with Crippen LogP contribution in [-0.2, 0) is 4.79 Å². The number of aromatic amines is 1. The molecule has 1 saturated heterocycles. The van der Waals surface area contributed by atoms with E-state index < -0.39 is 0 Å². The van der Waals surface area contributed by atoms with Crippen LogP contribution in [0.1, 0.15) is 49.3 Å². The third kappa shape index (κ3) is 3.07. The predicted octanol–water partition coefficient (Wildman–Crippen LogP) is 3.25. The van der Waals surface area contributed by atoms with E-state index in [9.17, 15) is 4.79 Å². The summed E-state index contributed by atoms with van der Waals surface area (Å²) >= 11 is 0. The van der Waals surface area contributed by atoms with Gasteiger partial charge in [-0.3, -0.25) is 9.89 Å². The summed E-state index contributed by atoms with van der Waals surface area (Å²) in [6.45, 7) is 3.62. The SMILES string of the molecule is CC[C@H](C(=O)N1CCC(c2[nH]nc3nccnc23)CC1)c1ccccc1. The lowest BCUT2D eigenvalue weighted by Gasteiger charge is -2.34. The number of H-pyrrole nitrogens is 1. The van der Waals surface area contributed by atoms with Crippen LogP contribution in [0, 0.1) is 0 Å². The molecule has 4 rings (SSSR count). The minimum Gasteiger partial charge on any atom is -0.342 e. The molecule has 0 saturated carbocycles. The summed E-state index contributed by atoms with van der Waals surface area (Å²) in [6.07, 6.45) is 6.02. The second kappa shape index (κ2) is 7.23. The maximum Gasteiger partial charge on any atom is 0.230 e. The zero-order chi connectivity index (χ0) is 17.9. The van der Waals surface area contributed by atoms with E-state index in [0.717, 1.165) is 49.1 Å². The molecule has 1 aromatic carbocycles. The van der Waals surface area contributed by atoms with E-state index in [2.05, 4.69) is 27.1 Å². The van der Waals surface area contributed by atoms with Gasteiger partial charge >= 0.3 is 0 Å². The smallest absolute Gasteiger partial charge is 0.230 e. The number of carbonyl (C=O) groups is 1. The largest absolute Gasteiger partial charge is 0.342 e. The lowest BCUT2D eigenvalue weighted by molar-refractivity contribution is -0.134. The van der Waals surface area contributed by atoms with Gasteiger partial charge in [0, 0.05) is 31.4 Å². The van der Waals surface area contributed by atoms with Gasteiger partial charge in [0.1, 0.15) is 5.52 Å². The summed E-state index contributed by atoms with van der Waals surface area (Å²) in [4.78, 5) is 23.7. The Morgan fingerprint density at radius 3 is 2.65 bits per heavy atom. The van der Waals surface area contributed by atoms with Crippen molar-refractivity contribution in [3.63, 3.8) is 0 Å². The highest BCUT2D eigenvalue weighted by molar-refractivity contribution is 5.84. The molecule has 6 nitrogen and oxygen atoms in total. The molecule has 3 heterocycles. The number of amides is 1. The molecule has 0 bridgehead atoms. The van der Waals surface area contributed by atoms with Gasteiger partial charge < -0.3 is 4.90 Å². The predicted molar refractivity (Wildman–Crippen MR) is 99.7 cm³/mol. The Morgan fingerprint density at radius 1 is 1.19 bits per heavy atom. The summed E-state index contributed by atoms with van der Waals surface area (Å²) < 4.78 is 0. The van der Waals surface area contributed by atoms with Crippen LogP contribution in [0.4, 0.5) is 0 Å². The average Bonchev–Trinajstić information content (AvgIpc) is 3.13. The molecule has 2 aromatic heterocycles. The van der Waals surface area contributed by atoms with Crippen LogP contribution < -0.4 is 0 Å². The van der Waals surface area contributed by atoms with Crippen molar-refractivity contribution in [2.75, 3.05) is 13.1 Å². The Bertz CT molecular complexity index is 883. The number of benzene rings is 1. The van der Waals surface area contributed by atoms with Crippen molar-refractivity contribution in [3.05, 3.63) is 54.0 Å². The molecule has 1 aliphatic rings. The summed E-state index contributed by atoms with van der Waals surface area (Å²) in [5.74, 6) is 0.538. The molecule has 0 aliphatic carbocycles. The number of likely N-dealkylation sites (tertiary alicyclic amines) is 1. The monoisotopic (exact) mass is 349 g/mol. The highest BCUT2D eigenvalue weighted by Gasteiger charge is 2.30. The zero-order valence-corrected chi connectivity index (χ0v) is 14.9. The molecule has 1 fully saturated rings. The first-order valence-electron chi connectivity index (χ1n) is 9.26. The average molecular weight is 349 g/mol. The van der Waals surface area contributed by atoms with Gasteiger partial charge in [0.25, 0.3) is 0 Å². The first-order valence-corrected chi connectivity index (χ1v) is 9.26. The van der Waals surface area contributed by atoms with Crippen molar-refractivity contribution >= 4 is 17.1 Å². The fraction of sp³-hybridized carbons (Fsp3) is 0.400. The topological polar surface area (TPSA) is 74.8 Å². The minimum absolute atomic E-state index is 0.0494. The van der Waals surface area contributed by atoms with E-state index in [4.69, 9.17) is 0 Å². The number of carbonyl (C=O) groups excluding carboxylic acids is 1. The Kier molecular flexibility index (Phi) is 4.65. The second-order valence-electron chi connectivity index (χ2n) is 6.84. The van der Waals surface area contributed by atoms with Crippen LogP contribution in [0.2, 0.25) is 0 Å². The van der Waals surface area contributed by atoms with E-state index >= 15 is 0 Å². The summed E-state index contributed by atoms with van der Waals surface area (Å²) in [6, 6.07) is 10.1. The van der Waals surface area contributed by atoms with Crippen molar-refractivity contribution in [2.45, 2.75) is 38.0 Å². The molecule has 6 heteroatoms. The fourth-order valence-electron chi connectivity index (χ4n) is 3.90. The van der Waals surface area contributed by atoms with E-state index in [1.165, 1.54) is 0 Å². The first kappa shape index (κ1) is 16.7. The Balaban J connectivity index is 1.45. The molecule has 1 aliphatic heterocycles. The van der Waals surface area contributed by atoms with Gasteiger partial charge in [-0.25, -0.2) is 9.97 Å². The van der Waals surface area contributed by atoms with Gasteiger partial charge in [-0.2, -0.15) is 5.10 Å². The third-order valence-electron chi connectivity index (χ3n) is 5.34. The maximum absolute atomic E-state index is 13.0. The zero-order valence-electron chi connectivity index (χ0n) is 14.9. The van der Waals surface area contributed by atoms with Crippen molar-refractivity contribution in [3.8, 4) is 0 Å². The van der Waals surface area contributed by atoms with E-state index in [-0.39, 0.29) is 11.8 Å². The van der Waals surface area contributed by atoms with Gasteiger partial charge in [0.05, 0.1) is 11.6 Å². The number of piperidine rings is 1. The number of fused-ring (bicyclic) bond motifs is 1. The van der Waals surface area contributed by atoms with Crippen LogP contribution in [0.5, 0.6) is 0 Å². The van der Waals surface area contributed by atoms with Gasteiger partial charge in [-0.1, -0.05) is 37.3 Å². The molecule has 0 spiro atoms. The fourth-order valence-corrected chi connectivity index (χ4v) is 3.90. The van der Waals surface area contributed by atoms with Crippen molar-refractivity contribution in [1.82, 2.24) is 25.1 Å². The lowest BCUT2D eigenvalue weighted by Crippen LogP contribution is -2.40. The molecule has 0 unspecified atom stereocenters. The minimum atomic E-state index is -0.0494. The highest BCUT2D eigenvalue weighted by Crippen LogP contribution is 2.32. The highest BCUT2D eigenvalue weighted by atomic mass is 16.2. The molecular formula is C20H23N5O. The van der Waals surface area contributed by atoms with Gasteiger partial charge in [-0.05, 0) is 24.8 Å². The number of hydrogen-bond donors (Lipinski definition) is 1. The molecule has 1 atom stereocenters. The number of hydrogen-bond acceptors (Lipinski definition) is 4. The maximum atomic E-state index is 13.0. The number of nitrogens with zero attached hydrogens (tertiary/aromatic N) is 4. The van der Waals surface area contributed by atoms with Crippen LogP contribution in [0.15, 0.2) is 42.7 Å². The lowest BCUT2D eigenvalue weighted by atomic mass is 9.90. The van der Waals surface area contributed by atoms with Crippen LogP contribution in [-0.4, -0.2) is 44.1 Å². The molecule has 26 heavy (non-hydrogen) atoms. The van der Waals surface area contributed by atoms with E-state index in [0.29, 0.717) is 11.6 Å². The van der Waals surface area contributed by atoms with Crippen molar-refractivity contribution in [1.29, 1.82) is 0 Å². The molecule has 3 aromatic rings. The third-order valence-corrected chi connectivity index (χ3v) is 5.34. The number of nitrogens with one attached hydrogen (secondary N) is 1. The van der Waals surface area contributed by atoms with Crippen LogP contribution in [0.3, 0.4) is 0 Å². The molecule has 0 radical (unpaired) electrons. The Hall–Kier alpha value is -2.76. The van der Waals surface area contributed by atoms with E-state index in [1.54, 1.807) is 12.4 Å². The number of aromatic nitrogens is 4. The van der Waals surface area contributed by atoms with Gasteiger partial charge in [-0.15, -0.1) is 0 Å². The van der Waals surface area contributed by atoms with Crippen molar-refractivity contribution < 1.29 is 4.79 Å². The normalized spacial score (nSPS) is 16.7. The number of rotatable bonds is 4. The molecular weight excluding hydrogens is 326 g/mol. The van der Waals surface area contributed by atoms with E-state index in [1.807, 2.05) is 35.2 Å². The molecule has 134 valence electrons. The van der Waals surface area contributed by atoms with Crippen LogP contribution in [0.25, 0.3) is 11.2 Å². The quantitative estimate of drug-likeness (QED) is 0.784. The Morgan fingerprint density at radius 2 is 1.92 bits per heavy atom. The van der Waals surface area contributed by atoms with Crippen LogP contribution >= 0.6 is 0 Å². The molecule has 1 amide bonds.